The highest BCUT2D eigenvalue weighted by molar-refractivity contribution is 5.65. The molecular weight excluding hydrogens is 300 g/mol. The molecule has 4 N–H and O–H groups in total. The van der Waals surface area contributed by atoms with Crippen LogP contribution >= 0.6 is 0 Å². The van der Waals surface area contributed by atoms with Crippen molar-refractivity contribution < 1.29 is 9.47 Å². The predicted molar refractivity (Wildman–Crippen MR) is 99.8 cm³/mol. The molecule has 0 fully saturated rings. The summed E-state index contributed by atoms with van der Waals surface area (Å²) in [5, 5.41) is 0. The Morgan fingerprint density at radius 1 is 0.833 bits per heavy atom. The normalized spacial score (nSPS) is 12.1. The van der Waals surface area contributed by atoms with Gasteiger partial charge in [-0.1, -0.05) is 24.3 Å². The number of rotatable bonds is 7. The van der Waals surface area contributed by atoms with Gasteiger partial charge in [0.25, 0.3) is 0 Å². The largest absolute Gasteiger partial charge is 0.497 e. The number of methoxy groups -OCH3 is 2. The van der Waals surface area contributed by atoms with Crippen molar-refractivity contribution in [1.29, 1.82) is 0 Å². The van der Waals surface area contributed by atoms with Crippen LogP contribution in [0.2, 0.25) is 0 Å². The zero-order valence-corrected chi connectivity index (χ0v) is 14.2. The van der Waals surface area contributed by atoms with Crippen molar-refractivity contribution in [2.24, 2.45) is 11.5 Å². The highest BCUT2D eigenvalue weighted by Crippen LogP contribution is 2.20. The number of benzene rings is 2. The molecular formula is C20H24N2O2. The first-order valence-corrected chi connectivity index (χ1v) is 7.82. The summed E-state index contributed by atoms with van der Waals surface area (Å²) in [5.74, 6) is 1.65. The van der Waals surface area contributed by atoms with Crippen LogP contribution in [0.5, 0.6) is 11.5 Å². The van der Waals surface area contributed by atoms with E-state index in [1.54, 1.807) is 14.2 Å². The average Bonchev–Trinajstić information content (AvgIpc) is 2.62. The fraction of sp³-hybridized carbons (Fsp3) is 0.200. The van der Waals surface area contributed by atoms with E-state index in [0.29, 0.717) is 18.7 Å². The fourth-order valence-electron chi connectivity index (χ4n) is 2.33. The fourth-order valence-corrected chi connectivity index (χ4v) is 2.33. The van der Waals surface area contributed by atoms with Crippen molar-refractivity contribution in [2.45, 2.75) is 6.42 Å². The molecule has 0 bridgehead atoms. The van der Waals surface area contributed by atoms with Gasteiger partial charge in [-0.3, -0.25) is 0 Å². The minimum atomic E-state index is 0.541. The van der Waals surface area contributed by atoms with E-state index in [0.717, 1.165) is 28.2 Å². The molecule has 4 nitrogen and oxygen atoms in total. The molecule has 126 valence electrons. The monoisotopic (exact) mass is 324 g/mol. The van der Waals surface area contributed by atoms with Crippen LogP contribution in [0.3, 0.4) is 0 Å². The van der Waals surface area contributed by atoms with Crippen molar-refractivity contribution in [3.8, 4) is 11.5 Å². The molecule has 0 aliphatic heterocycles. The van der Waals surface area contributed by atoms with Crippen molar-refractivity contribution in [3.05, 3.63) is 70.9 Å². The van der Waals surface area contributed by atoms with E-state index in [1.807, 2.05) is 54.6 Å². The summed E-state index contributed by atoms with van der Waals surface area (Å²) in [6.45, 7) is 0.541. The van der Waals surface area contributed by atoms with Gasteiger partial charge < -0.3 is 20.9 Å². The van der Waals surface area contributed by atoms with Crippen molar-refractivity contribution in [3.63, 3.8) is 0 Å². The Morgan fingerprint density at radius 3 is 1.71 bits per heavy atom. The first-order chi connectivity index (χ1) is 11.7. The minimum Gasteiger partial charge on any atom is -0.497 e. The van der Waals surface area contributed by atoms with Gasteiger partial charge in [0.2, 0.25) is 0 Å². The van der Waals surface area contributed by atoms with Gasteiger partial charge in [0.15, 0.2) is 0 Å². The van der Waals surface area contributed by atoms with Gasteiger partial charge in [0, 0.05) is 5.70 Å². The molecule has 2 aromatic rings. The zero-order valence-electron chi connectivity index (χ0n) is 14.2. The first-order valence-electron chi connectivity index (χ1n) is 7.82. The van der Waals surface area contributed by atoms with Gasteiger partial charge in [0.1, 0.15) is 11.5 Å². The molecule has 0 aliphatic carbocycles. The smallest absolute Gasteiger partial charge is 0.118 e. The van der Waals surface area contributed by atoms with Crippen molar-refractivity contribution in [1.82, 2.24) is 0 Å². The highest BCUT2D eigenvalue weighted by Gasteiger charge is 2.03. The van der Waals surface area contributed by atoms with E-state index in [2.05, 4.69) is 6.08 Å². The molecule has 0 unspecified atom stereocenters. The van der Waals surface area contributed by atoms with Crippen LogP contribution in [0.4, 0.5) is 0 Å². The van der Waals surface area contributed by atoms with Crippen molar-refractivity contribution in [2.75, 3.05) is 20.8 Å². The van der Waals surface area contributed by atoms with E-state index < -0.39 is 0 Å². The Hall–Kier alpha value is -2.72. The molecule has 0 amide bonds. The molecule has 2 rings (SSSR count). The Bertz CT molecular complexity index is 701. The number of allylic oxidation sites excluding steroid dienone is 1. The van der Waals surface area contributed by atoms with E-state index in [9.17, 15) is 0 Å². The van der Waals surface area contributed by atoms with Crippen LogP contribution in [0, 0.1) is 0 Å². The third-order valence-electron chi connectivity index (χ3n) is 3.68. The number of hydrogen-bond acceptors (Lipinski definition) is 4. The second-order valence-electron chi connectivity index (χ2n) is 5.35. The second kappa shape index (κ2) is 8.79. The van der Waals surface area contributed by atoms with E-state index in [1.165, 1.54) is 0 Å². The summed E-state index contributed by atoms with van der Waals surface area (Å²) in [4.78, 5) is 0. The minimum absolute atomic E-state index is 0.541. The molecule has 0 saturated carbocycles. The lowest BCUT2D eigenvalue weighted by Crippen LogP contribution is -2.07. The summed E-state index contributed by atoms with van der Waals surface area (Å²) < 4.78 is 10.3. The number of hydrogen-bond donors (Lipinski definition) is 2. The van der Waals surface area contributed by atoms with Gasteiger partial charge in [0.05, 0.1) is 14.2 Å². The van der Waals surface area contributed by atoms with Crippen LogP contribution in [0.25, 0.3) is 12.2 Å². The maximum absolute atomic E-state index is 6.29. The lowest BCUT2D eigenvalue weighted by atomic mass is 10.0. The van der Waals surface area contributed by atoms with Crippen LogP contribution in [-0.4, -0.2) is 20.8 Å². The summed E-state index contributed by atoms with van der Waals surface area (Å²) in [6, 6.07) is 15.6. The Kier molecular flexibility index (Phi) is 6.46. The molecule has 24 heavy (non-hydrogen) atoms. The van der Waals surface area contributed by atoms with Crippen LogP contribution in [-0.2, 0) is 0 Å². The van der Waals surface area contributed by atoms with Gasteiger partial charge in [-0.2, -0.15) is 0 Å². The Labute approximate surface area is 143 Å². The third-order valence-corrected chi connectivity index (χ3v) is 3.68. The van der Waals surface area contributed by atoms with Gasteiger partial charge >= 0.3 is 0 Å². The lowest BCUT2D eigenvalue weighted by molar-refractivity contribution is 0.414. The third kappa shape index (κ3) is 4.89. The quantitative estimate of drug-likeness (QED) is 0.766. The number of ether oxygens (including phenoxy) is 2. The maximum atomic E-state index is 6.29. The Morgan fingerprint density at radius 2 is 1.29 bits per heavy atom. The highest BCUT2D eigenvalue weighted by atomic mass is 16.5. The average molecular weight is 324 g/mol. The molecule has 0 saturated heterocycles. The molecule has 0 aromatic heterocycles. The van der Waals surface area contributed by atoms with E-state index >= 15 is 0 Å². The van der Waals surface area contributed by atoms with Crippen LogP contribution in [0.1, 0.15) is 17.5 Å². The second-order valence-corrected chi connectivity index (χ2v) is 5.35. The van der Waals surface area contributed by atoms with Crippen LogP contribution in [0.15, 0.2) is 59.8 Å². The molecule has 4 heteroatoms. The predicted octanol–water partition coefficient (Wildman–Crippen LogP) is 3.44. The summed E-state index contributed by atoms with van der Waals surface area (Å²) in [7, 11) is 3.30. The molecule has 0 aliphatic rings. The topological polar surface area (TPSA) is 70.5 Å². The van der Waals surface area contributed by atoms with Crippen molar-refractivity contribution >= 4 is 12.2 Å². The zero-order chi connectivity index (χ0) is 17.4. The van der Waals surface area contributed by atoms with Gasteiger partial charge in [-0.25, -0.2) is 0 Å². The van der Waals surface area contributed by atoms with Gasteiger partial charge in [-0.15, -0.1) is 0 Å². The molecule has 2 aromatic carbocycles. The van der Waals surface area contributed by atoms with Crippen LogP contribution < -0.4 is 20.9 Å². The summed E-state index contributed by atoms with van der Waals surface area (Å²) in [5.41, 5.74) is 15.8. The molecule has 0 atom stereocenters. The summed E-state index contributed by atoms with van der Waals surface area (Å²) in [6.07, 6.45) is 4.72. The van der Waals surface area contributed by atoms with E-state index in [4.69, 9.17) is 20.9 Å². The van der Waals surface area contributed by atoms with E-state index in [-0.39, 0.29) is 0 Å². The molecule has 0 heterocycles. The van der Waals surface area contributed by atoms with Gasteiger partial charge in [-0.05, 0) is 66.1 Å². The maximum Gasteiger partial charge on any atom is 0.118 e. The summed E-state index contributed by atoms with van der Waals surface area (Å²) >= 11 is 0. The SMILES string of the molecule is COc1ccc(C=C(N)C(=Cc2ccc(OC)cc2)CCN)cc1. The lowest BCUT2D eigenvalue weighted by Gasteiger charge is -2.08. The Balaban J connectivity index is 2.26. The first kappa shape index (κ1) is 17.6. The number of nitrogens with two attached hydrogens (primary N) is 2. The molecule has 0 spiro atoms. The standard InChI is InChI=1S/C20H24N2O2/c1-23-18-7-3-15(4-8-18)13-17(11-12-21)20(22)14-16-5-9-19(24-2)10-6-16/h3-10,13-14H,11-12,21-22H2,1-2H3. The molecule has 0 radical (unpaired) electrons.